The zero-order valence-electron chi connectivity index (χ0n) is 13.4. The highest BCUT2D eigenvalue weighted by molar-refractivity contribution is 6.33. The quantitative estimate of drug-likeness (QED) is 0.808. The number of carboxylic acids is 1. The number of carboxylic acid groups (broad SMARTS) is 1. The molecule has 24 heavy (non-hydrogen) atoms. The van der Waals surface area contributed by atoms with Crippen molar-refractivity contribution >= 4 is 29.2 Å². The maximum atomic E-state index is 12.3. The maximum absolute atomic E-state index is 12.3. The van der Waals surface area contributed by atoms with Crippen LogP contribution in [0.15, 0.2) is 42.5 Å². The smallest absolute Gasteiger partial charge is 0.337 e. The van der Waals surface area contributed by atoms with Crippen molar-refractivity contribution in [3.63, 3.8) is 0 Å². The molecule has 0 heterocycles. The number of hydrogen-bond acceptors (Lipinski definition) is 3. The van der Waals surface area contributed by atoms with Gasteiger partial charge >= 0.3 is 5.97 Å². The van der Waals surface area contributed by atoms with Crippen molar-refractivity contribution in [1.29, 1.82) is 0 Å². The topological polar surface area (TPSA) is 75.6 Å². The Balaban J connectivity index is 2.14. The van der Waals surface area contributed by atoms with Gasteiger partial charge in [-0.3, -0.25) is 4.79 Å². The Kier molecular flexibility index (Phi) is 5.82. The fourth-order valence-electron chi connectivity index (χ4n) is 2.00. The molecule has 126 valence electrons. The number of halogens is 1. The number of nitrogens with one attached hydrogen (secondary N) is 1. The third kappa shape index (κ3) is 4.49. The van der Waals surface area contributed by atoms with E-state index in [1.54, 1.807) is 24.3 Å². The lowest BCUT2D eigenvalue weighted by Crippen LogP contribution is -2.13. The Morgan fingerprint density at radius 3 is 2.62 bits per heavy atom. The van der Waals surface area contributed by atoms with Crippen LogP contribution in [0.3, 0.4) is 0 Å². The predicted molar refractivity (Wildman–Crippen MR) is 93.2 cm³/mol. The second-order valence-electron chi connectivity index (χ2n) is 5.32. The van der Waals surface area contributed by atoms with E-state index < -0.39 is 5.97 Å². The molecular weight excluding hydrogens is 330 g/mol. The second-order valence-corrected chi connectivity index (χ2v) is 5.73. The first-order chi connectivity index (χ1) is 11.4. The minimum Gasteiger partial charge on any atom is -0.491 e. The SMILES string of the molecule is CC[C@H](C)Oc1cccc(C(=O)Nc2ccc(C(=O)O)c(Cl)c2)c1. The minimum atomic E-state index is -1.12. The van der Waals surface area contributed by atoms with Gasteiger partial charge in [-0.05, 0) is 49.7 Å². The Hall–Kier alpha value is -2.53. The summed E-state index contributed by atoms with van der Waals surface area (Å²) in [7, 11) is 0. The first-order valence-corrected chi connectivity index (χ1v) is 7.89. The number of carbonyl (C=O) groups excluding carboxylic acids is 1. The van der Waals surface area contributed by atoms with Gasteiger partial charge in [-0.2, -0.15) is 0 Å². The minimum absolute atomic E-state index is 0.0152. The van der Waals surface area contributed by atoms with E-state index in [-0.39, 0.29) is 22.6 Å². The monoisotopic (exact) mass is 347 g/mol. The lowest BCUT2D eigenvalue weighted by molar-refractivity contribution is 0.0697. The Bertz CT molecular complexity index is 760. The van der Waals surface area contributed by atoms with Crippen molar-refractivity contribution in [2.45, 2.75) is 26.4 Å². The predicted octanol–water partition coefficient (Wildman–Crippen LogP) is 4.47. The molecule has 0 aromatic heterocycles. The largest absolute Gasteiger partial charge is 0.491 e. The van der Waals surface area contributed by atoms with E-state index in [1.807, 2.05) is 13.8 Å². The van der Waals surface area contributed by atoms with Crippen LogP contribution in [0.5, 0.6) is 5.75 Å². The Morgan fingerprint density at radius 2 is 2.00 bits per heavy atom. The molecule has 0 aliphatic rings. The molecule has 2 aromatic rings. The first kappa shape index (κ1) is 17.8. The fourth-order valence-corrected chi connectivity index (χ4v) is 2.26. The molecule has 0 saturated heterocycles. The zero-order chi connectivity index (χ0) is 17.7. The molecule has 2 N–H and O–H groups in total. The summed E-state index contributed by atoms with van der Waals surface area (Å²) in [5.74, 6) is -0.826. The van der Waals surface area contributed by atoms with E-state index in [4.69, 9.17) is 21.4 Å². The molecule has 2 aromatic carbocycles. The second kappa shape index (κ2) is 7.84. The zero-order valence-corrected chi connectivity index (χ0v) is 14.1. The number of amides is 1. The maximum Gasteiger partial charge on any atom is 0.337 e. The summed E-state index contributed by atoms with van der Waals surface area (Å²) in [5, 5.41) is 11.7. The van der Waals surface area contributed by atoms with E-state index >= 15 is 0 Å². The van der Waals surface area contributed by atoms with E-state index in [0.717, 1.165) is 6.42 Å². The molecule has 2 rings (SSSR count). The van der Waals surface area contributed by atoms with Crippen molar-refractivity contribution in [2.75, 3.05) is 5.32 Å². The van der Waals surface area contributed by atoms with E-state index in [0.29, 0.717) is 17.0 Å². The van der Waals surface area contributed by atoms with Crippen LogP contribution in [0.4, 0.5) is 5.69 Å². The molecule has 0 fully saturated rings. The van der Waals surface area contributed by atoms with Gasteiger partial charge in [0, 0.05) is 11.3 Å². The van der Waals surface area contributed by atoms with Crippen molar-refractivity contribution in [3.8, 4) is 5.75 Å². The summed E-state index contributed by atoms with van der Waals surface area (Å²) in [6.45, 7) is 3.98. The average Bonchev–Trinajstić information content (AvgIpc) is 2.54. The molecule has 0 aliphatic heterocycles. The number of hydrogen-bond donors (Lipinski definition) is 2. The molecule has 0 radical (unpaired) electrons. The van der Waals surface area contributed by atoms with E-state index in [9.17, 15) is 9.59 Å². The third-order valence-electron chi connectivity index (χ3n) is 3.47. The van der Waals surface area contributed by atoms with Gasteiger partial charge in [0.2, 0.25) is 0 Å². The summed E-state index contributed by atoms with van der Waals surface area (Å²) in [6.07, 6.45) is 0.927. The molecule has 0 spiro atoms. The molecule has 0 aliphatic carbocycles. The Morgan fingerprint density at radius 1 is 1.25 bits per heavy atom. The van der Waals surface area contributed by atoms with Gasteiger partial charge in [0.25, 0.3) is 5.91 Å². The standard InChI is InChI=1S/C18H18ClNO4/c1-3-11(2)24-14-6-4-5-12(9-14)17(21)20-13-7-8-15(18(22)23)16(19)10-13/h4-11H,3H2,1-2H3,(H,20,21)(H,22,23)/t11-/m0/s1. The summed E-state index contributed by atoms with van der Waals surface area (Å²) in [6, 6.07) is 11.1. The third-order valence-corrected chi connectivity index (χ3v) is 3.78. The fraction of sp³-hybridized carbons (Fsp3) is 0.222. The van der Waals surface area contributed by atoms with Gasteiger partial charge in [-0.15, -0.1) is 0 Å². The van der Waals surface area contributed by atoms with Gasteiger partial charge in [0.15, 0.2) is 0 Å². The van der Waals surface area contributed by atoms with Gasteiger partial charge in [0.1, 0.15) is 5.75 Å². The first-order valence-electron chi connectivity index (χ1n) is 7.51. The van der Waals surface area contributed by atoms with Gasteiger partial charge in [-0.25, -0.2) is 4.79 Å². The van der Waals surface area contributed by atoms with Crippen LogP contribution in [0.1, 0.15) is 41.0 Å². The molecule has 0 unspecified atom stereocenters. The van der Waals surface area contributed by atoms with Crippen LogP contribution in [-0.4, -0.2) is 23.1 Å². The lowest BCUT2D eigenvalue weighted by Gasteiger charge is -2.13. The van der Waals surface area contributed by atoms with Crippen LogP contribution < -0.4 is 10.1 Å². The van der Waals surface area contributed by atoms with Crippen LogP contribution in [0, 0.1) is 0 Å². The number of ether oxygens (including phenoxy) is 1. The molecular formula is C18H18ClNO4. The molecule has 0 saturated carbocycles. The normalized spacial score (nSPS) is 11.6. The van der Waals surface area contributed by atoms with Crippen molar-refractivity contribution < 1.29 is 19.4 Å². The van der Waals surface area contributed by atoms with Gasteiger partial charge in [0.05, 0.1) is 16.7 Å². The summed E-state index contributed by atoms with van der Waals surface area (Å²) >= 11 is 5.90. The van der Waals surface area contributed by atoms with Gasteiger partial charge < -0.3 is 15.2 Å². The molecule has 1 amide bonds. The van der Waals surface area contributed by atoms with E-state index in [1.165, 1.54) is 18.2 Å². The lowest BCUT2D eigenvalue weighted by atomic mass is 10.1. The number of rotatable bonds is 6. The molecule has 5 nitrogen and oxygen atoms in total. The van der Waals surface area contributed by atoms with Crippen LogP contribution in [0.2, 0.25) is 5.02 Å². The number of aromatic carboxylic acids is 1. The highest BCUT2D eigenvalue weighted by atomic mass is 35.5. The summed E-state index contributed by atoms with van der Waals surface area (Å²) < 4.78 is 5.70. The summed E-state index contributed by atoms with van der Waals surface area (Å²) in [5.41, 5.74) is 0.844. The van der Waals surface area contributed by atoms with Crippen molar-refractivity contribution in [3.05, 3.63) is 58.6 Å². The highest BCUT2D eigenvalue weighted by Gasteiger charge is 2.12. The molecule has 6 heteroatoms. The van der Waals surface area contributed by atoms with E-state index in [2.05, 4.69) is 5.32 Å². The summed E-state index contributed by atoms with van der Waals surface area (Å²) in [4.78, 5) is 23.3. The number of carbonyl (C=O) groups is 2. The average molecular weight is 348 g/mol. The molecule has 1 atom stereocenters. The number of anilines is 1. The van der Waals surface area contributed by atoms with Crippen molar-refractivity contribution in [1.82, 2.24) is 0 Å². The highest BCUT2D eigenvalue weighted by Crippen LogP contribution is 2.22. The van der Waals surface area contributed by atoms with Gasteiger partial charge in [-0.1, -0.05) is 24.6 Å². The van der Waals surface area contributed by atoms with Crippen LogP contribution in [0.25, 0.3) is 0 Å². The Labute approximate surface area is 145 Å². The number of benzene rings is 2. The molecule has 0 bridgehead atoms. The van der Waals surface area contributed by atoms with Crippen molar-refractivity contribution in [2.24, 2.45) is 0 Å². The van der Waals surface area contributed by atoms with Crippen LogP contribution in [-0.2, 0) is 0 Å². The van der Waals surface area contributed by atoms with Crippen LogP contribution >= 0.6 is 11.6 Å².